The minimum atomic E-state index is -3.78. The molecule has 3 aliphatic rings. The number of sulfonamides is 1. The highest BCUT2D eigenvalue weighted by molar-refractivity contribution is 7.89. The van der Waals surface area contributed by atoms with Crippen LogP contribution < -0.4 is 10.5 Å². The summed E-state index contributed by atoms with van der Waals surface area (Å²) in [5, 5.41) is 0. The quantitative estimate of drug-likeness (QED) is 0.445. The van der Waals surface area contributed by atoms with Gasteiger partial charge in [0.1, 0.15) is 5.82 Å². The number of hydrogen-bond acceptors (Lipinski definition) is 6. The molecule has 35 heavy (non-hydrogen) atoms. The first-order valence-corrected chi connectivity index (χ1v) is 14.8. The Morgan fingerprint density at radius 1 is 1.00 bits per heavy atom. The average molecular weight is 541 g/mol. The Kier molecular flexibility index (Phi) is 8.10. The number of nitrogens with zero attached hydrogens (tertiary/aromatic N) is 2. The molecule has 2 bridgehead atoms. The molecule has 1 aromatic carbocycles. The molecule has 3 heterocycles. The van der Waals surface area contributed by atoms with Crippen LogP contribution in [0.3, 0.4) is 0 Å². The van der Waals surface area contributed by atoms with E-state index < -0.39 is 43.7 Å². The standard InChI is InChI=1S/C21H31F3N4O5S2/c22-18-13-20(24)19(23)11-14(18)12-21(25)15-9-16-1-2-17(10-15)28(16)34(29,30)8-3-26-35(31,32)27-4-6-33-7-5-27/h11,13,15-17,21,26H,1-10,12,25H2/t15-,16-,17+,21-/m1/s1. The normalized spacial score (nSPS) is 27.3. The lowest BCUT2D eigenvalue weighted by atomic mass is 9.83. The van der Waals surface area contributed by atoms with Crippen LogP contribution in [0.5, 0.6) is 0 Å². The van der Waals surface area contributed by atoms with Gasteiger partial charge in [-0.3, -0.25) is 0 Å². The molecule has 0 saturated carbocycles. The number of piperidine rings is 1. The van der Waals surface area contributed by atoms with E-state index >= 15 is 0 Å². The first-order chi connectivity index (χ1) is 16.5. The number of nitrogens with one attached hydrogen (secondary N) is 1. The van der Waals surface area contributed by atoms with Crippen molar-refractivity contribution < 1.29 is 34.7 Å². The summed E-state index contributed by atoms with van der Waals surface area (Å²) >= 11 is 0. The van der Waals surface area contributed by atoms with Crippen LogP contribution in [0.15, 0.2) is 12.1 Å². The van der Waals surface area contributed by atoms with Gasteiger partial charge in [0.25, 0.3) is 10.2 Å². The van der Waals surface area contributed by atoms with Gasteiger partial charge in [0.2, 0.25) is 10.0 Å². The molecular weight excluding hydrogens is 509 g/mol. The van der Waals surface area contributed by atoms with Gasteiger partial charge in [0, 0.05) is 43.8 Å². The van der Waals surface area contributed by atoms with Gasteiger partial charge in [-0.25, -0.2) is 26.3 Å². The minimum Gasteiger partial charge on any atom is -0.379 e. The number of fused-ring (bicyclic) bond motifs is 2. The Hall–Kier alpha value is -1.29. The summed E-state index contributed by atoms with van der Waals surface area (Å²) in [5.41, 5.74) is 6.29. The minimum absolute atomic E-state index is 0.00801. The van der Waals surface area contributed by atoms with Crippen LogP contribution in [0.1, 0.15) is 31.2 Å². The predicted octanol–water partition coefficient (Wildman–Crippen LogP) is 0.713. The van der Waals surface area contributed by atoms with Crippen LogP contribution in [0.2, 0.25) is 0 Å². The number of benzene rings is 1. The molecular formula is C21H31F3N4O5S2. The SMILES string of the molecule is N[C@H](Cc1cc(F)c(F)cc1F)[C@@H]1C[C@H]2CC[C@@H](C1)N2S(=O)(=O)CCNS(=O)(=O)N1CCOCC1. The largest absolute Gasteiger partial charge is 0.379 e. The molecule has 9 nitrogen and oxygen atoms in total. The lowest BCUT2D eigenvalue weighted by Crippen LogP contribution is -2.52. The van der Waals surface area contributed by atoms with Gasteiger partial charge < -0.3 is 10.5 Å². The van der Waals surface area contributed by atoms with Gasteiger partial charge in [0.05, 0.1) is 19.0 Å². The molecule has 0 spiro atoms. The number of morpholine rings is 1. The monoisotopic (exact) mass is 540 g/mol. The van der Waals surface area contributed by atoms with E-state index in [9.17, 15) is 30.0 Å². The van der Waals surface area contributed by atoms with Crippen molar-refractivity contribution in [2.45, 2.75) is 50.2 Å². The van der Waals surface area contributed by atoms with Crippen LogP contribution in [-0.2, 0) is 31.4 Å². The fraction of sp³-hybridized carbons (Fsp3) is 0.714. The summed E-state index contributed by atoms with van der Waals surface area (Å²) in [4.78, 5) is 0. The van der Waals surface area contributed by atoms with E-state index in [1.165, 1.54) is 8.61 Å². The maximum atomic E-state index is 14.1. The van der Waals surface area contributed by atoms with E-state index in [0.29, 0.717) is 45.0 Å². The first-order valence-electron chi connectivity index (χ1n) is 11.7. The third-order valence-electron chi connectivity index (χ3n) is 7.13. The summed E-state index contributed by atoms with van der Waals surface area (Å²) in [6, 6.07) is 0.226. The molecule has 198 valence electrons. The highest BCUT2D eigenvalue weighted by Crippen LogP contribution is 2.42. The summed E-state index contributed by atoms with van der Waals surface area (Å²) in [7, 11) is -7.51. The summed E-state index contributed by atoms with van der Waals surface area (Å²) in [6.07, 6.45) is 2.28. The molecule has 0 aliphatic carbocycles. The van der Waals surface area contributed by atoms with Gasteiger partial charge >= 0.3 is 0 Å². The zero-order valence-electron chi connectivity index (χ0n) is 19.2. The van der Waals surface area contributed by atoms with Crippen molar-refractivity contribution in [3.8, 4) is 0 Å². The molecule has 0 aromatic heterocycles. The van der Waals surface area contributed by atoms with Crippen molar-refractivity contribution in [3.63, 3.8) is 0 Å². The topological polar surface area (TPSA) is 122 Å². The van der Waals surface area contributed by atoms with E-state index in [-0.39, 0.29) is 55.4 Å². The van der Waals surface area contributed by atoms with E-state index in [1.807, 2.05) is 0 Å². The first kappa shape index (κ1) is 26.8. The van der Waals surface area contributed by atoms with Crippen molar-refractivity contribution in [1.29, 1.82) is 0 Å². The van der Waals surface area contributed by atoms with E-state index in [1.54, 1.807) is 0 Å². The highest BCUT2D eigenvalue weighted by Gasteiger charge is 2.47. The summed E-state index contributed by atoms with van der Waals surface area (Å²) in [6.45, 7) is 0.782. The van der Waals surface area contributed by atoms with Crippen molar-refractivity contribution in [2.24, 2.45) is 11.7 Å². The van der Waals surface area contributed by atoms with Gasteiger partial charge in [-0.2, -0.15) is 17.0 Å². The van der Waals surface area contributed by atoms with E-state index in [2.05, 4.69) is 4.72 Å². The Morgan fingerprint density at radius 3 is 2.23 bits per heavy atom. The second-order valence-electron chi connectivity index (χ2n) is 9.40. The number of nitrogens with two attached hydrogens (primary N) is 1. The van der Waals surface area contributed by atoms with Crippen LogP contribution in [0.25, 0.3) is 0 Å². The second-order valence-corrected chi connectivity index (χ2v) is 13.1. The maximum Gasteiger partial charge on any atom is 0.279 e. The fourth-order valence-corrected chi connectivity index (χ4v) is 8.57. The number of rotatable bonds is 9. The van der Waals surface area contributed by atoms with Crippen LogP contribution in [-0.4, -0.2) is 82.2 Å². The van der Waals surface area contributed by atoms with E-state index in [0.717, 1.165) is 6.07 Å². The van der Waals surface area contributed by atoms with Crippen LogP contribution >= 0.6 is 0 Å². The maximum absolute atomic E-state index is 14.1. The number of hydrogen-bond donors (Lipinski definition) is 2. The third kappa shape index (κ3) is 6.00. The molecule has 3 saturated heterocycles. The molecule has 0 unspecified atom stereocenters. The van der Waals surface area contributed by atoms with Crippen molar-refractivity contribution in [1.82, 2.24) is 13.3 Å². The zero-order valence-corrected chi connectivity index (χ0v) is 20.8. The molecule has 14 heteroatoms. The lowest BCUT2D eigenvalue weighted by Gasteiger charge is -2.40. The van der Waals surface area contributed by atoms with Gasteiger partial charge in [-0.15, -0.1) is 0 Å². The van der Waals surface area contributed by atoms with E-state index in [4.69, 9.17) is 10.5 Å². The molecule has 1 aromatic rings. The predicted molar refractivity (Wildman–Crippen MR) is 122 cm³/mol. The summed E-state index contributed by atoms with van der Waals surface area (Å²) in [5.74, 6) is -3.73. The van der Waals surface area contributed by atoms with Gasteiger partial charge in [0.15, 0.2) is 11.6 Å². The van der Waals surface area contributed by atoms with Crippen molar-refractivity contribution in [3.05, 3.63) is 35.1 Å². The summed E-state index contributed by atoms with van der Waals surface area (Å²) < 4.78 is 102. The number of halogens is 3. The molecule has 4 atom stereocenters. The van der Waals surface area contributed by atoms with Crippen LogP contribution in [0, 0.1) is 23.4 Å². The Morgan fingerprint density at radius 2 is 1.60 bits per heavy atom. The molecule has 4 rings (SSSR count). The molecule has 3 aliphatic heterocycles. The average Bonchev–Trinajstić information content (AvgIpc) is 3.09. The van der Waals surface area contributed by atoms with Crippen molar-refractivity contribution in [2.75, 3.05) is 38.6 Å². The molecule has 3 fully saturated rings. The van der Waals surface area contributed by atoms with Gasteiger partial charge in [-0.05, 0) is 49.7 Å². The van der Waals surface area contributed by atoms with Crippen molar-refractivity contribution >= 4 is 20.2 Å². The van der Waals surface area contributed by atoms with Gasteiger partial charge in [-0.1, -0.05) is 0 Å². The van der Waals surface area contributed by atoms with Crippen LogP contribution in [0.4, 0.5) is 13.2 Å². The Balaban J connectivity index is 1.34. The Labute approximate surface area is 204 Å². The zero-order chi connectivity index (χ0) is 25.4. The Bertz CT molecular complexity index is 1120. The molecule has 3 N–H and O–H groups in total. The fourth-order valence-electron chi connectivity index (χ4n) is 5.40. The lowest BCUT2D eigenvalue weighted by molar-refractivity contribution is 0.0725. The smallest absolute Gasteiger partial charge is 0.279 e. The molecule has 0 amide bonds. The third-order valence-corrected chi connectivity index (χ3v) is 10.7. The highest BCUT2D eigenvalue weighted by atomic mass is 32.2. The molecule has 0 radical (unpaired) electrons. The number of ether oxygens (including phenoxy) is 1. The second kappa shape index (κ2) is 10.6.